The molecule has 0 bridgehead atoms. The SMILES string of the molecule is CCCN(c1ccc(-c2ccccc2C(=O)O)cc1NC(=O)Nc1ccc(C)cc1)C1CCCCC1. The molecule has 1 aliphatic carbocycles. The number of nitrogens with one attached hydrogen (secondary N) is 2. The smallest absolute Gasteiger partial charge is 0.336 e. The Morgan fingerprint density at radius 3 is 2.36 bits per heavy atom. The number of urea groups is 1. The molecule has 3 N–H and O–H groups in total. The minimum Gasteiger partial charge on any atom is -0.478 e. The van der Waals surface area contributed by atoms with Gasteiger partial charge in [-0.05, 0) is 67.6 Å². The predicted molar refractivity (Wildman–Crippen MR) is 147 cm³/mol. The maximum absolute atomic E-state index is 13.1. The Bertz CT molecular complexity index is 1200. The number of rotatable bonds is 8. The van der Waals surface area contributed by atoms with Gasteiger partial charge >= 0.3 is 12.0 Å². The second-order valence-electron chi connectivity index (χ2n) is 9.51. The second-order valence-corrected chi connectivity index (χ2v) is 9.51. The van der Waals surface area contributed by atoms with Crippen molar-refractivity contribution in [2.75, 3.05) is 22.1 Å². The number of carbonyl (C=O) groups is 2. The van der Waals surface area contributed by atoms with Gasteiger partial charge in [0.15, 0.2) is 0 Å². The molecule has 2 amide bonds. The summed E-state index contributed by atoms with van der Waals surface area (Å²) < 4.78 is 0. The van der Waals surface area contributed by atoms with Gasteiger partial charge in [0.25, 0.3) is 0 Å². The molecule has 1 aliphatic rings. The van der Waals surface area contributed by atoms with E-state index < -0.39 is 5.97 Å². The van der Waals surface area contributed by atoms with Crippen molar-refractivity contribution >= 4 is 29.1 Å². The van der Waals surface area contributed by atoms with Gasteiger partial charge in [0.2, 0.25) is 0 Å². The Balaban J connectivity index is 1.72. The first kappa shape index (κ1) is 25.3. The van der Waals surface area contributed by atoms with Crippen molar-refractivity contribution in [2.45, 2.75) is 58.4 Å². The summed E-state index contributed by atoms with van der Waals surface area (Å²) in [7, 11) is 0. The number of aryl methyl sites for hydroxylation is 1. The fraction of sp³-hybridized carbons (Fsp3) is 0.333. The van der Waals surface area contributed by atoms with Gasteiger partial charge in [-0.1, -0.05) is 68.1 Å². The highest BCUT2D eigenvalue weighted by molar-refractivity contribution is 6.03. The molecule has 0 heterocycles. The average Bonchev–Trinajstić information content (AvgIpc) is 2.89. The first-order valence-electron chi connectivity index (χ1n) is 12.8. The fourth-order valence-electron chi connectivity index (χ4n) is 5.03. The van der Waals surface area contributed by atoms with Crippen LogP contribution in [-0.4, -0.2) is 29.7 Å². The number of hydrogen-bond acceptors (Lipinski definition) is 3. The number of carboxylic acid groups (broad SMARTS) is 1. The normalized spacial score (nSPS) is 13.7. The summed E-state index contributed by atoms with van der Waals surface area (Å²) in [5.41, 5.74) is 5.09. The highest BCUT2D eigenvalue weighted by Gasteiger charge is 2.24. The van der Waals surface area contributed by atoms with Crippen molar-refractivity contribution in [2.24, 2.45) is 0 Å². The maximum atomic E-state index is 13.1. The molecule has 188 valence electrons. The van der Waals surface area contributed by atoms with E-state index in [0.29, 0.717) is 23.0 Å². The number of benzene rings is 3. The zero-order chi connectivity index (χ0) is 25.5. The molecule has 1 fully saturated rings. The topological polar surface area (TPSA) is 81.7 Å². The van der Waals surface area contributed by atoms with E-state index in [4.69, 9.17) is 0 Å². The monoisotopic (exact) mass is 485 g/mol. The third-order valence-corrected chi connectivity index (χ3v) is 6.81. The Labute approximate surface area is 213 Å². The van der Waals surface area contributed by atoms with E-state index in [-0.39, 0.29) is 11.6 Å². The maximum Gasteiger partial charge on any atom is 0.336 e. The zero-order valence-corrected chi connectivity index (χ0v) is 21.1. The standard InChI is InChI=1S/C30H35N3O3/c1-3-19-33(24-9-5-4-6-10-24)28-18-15-22(25-11-7-8-12-26(25)29(34)35)20-27(28)32-30(36)31-23-16-13-21(2)14-17-23/h7-8,11-18,20,24H,3-6,9-10,19H2,1-2H3,(H,34,35)(H2,31,32,36). The van der Waals surface area contributed by atoms with Gasteiger partial charge in [0.05, 0.1) is 16.9 Å². The van der Waals surface area contributed by atoms with Gasteiger partial charge in [-0.15, -0.1) is 0 Å². The second kappa shape index (κ2) is 11.8. The van der Waals surface area contributed by atoms with E-state index >= 15 is 0 Å². The molecule has 0 unspecified atom stereocenters. The van der Waals surface area contributed by atoms with Crippen LogP contribution in [0.2, 0.25) is 0 Å². The van der Waals surface area contributed by atoms with Crippen LogP contribution in [0.1, 0.15) is 61.4 Å². The van der Waals surface area contributed by atoms with Gasteiger partial charge in [0.1, 0.15) is 0 Å². The molecule has 1 saturated carbocycles. The van der Waals surface area contributed by atoms with Crippen LogP contribution in [0.3, 0.4) is 0 Å². The Morgan fingerprint density at radius 1 is 0.944 bits per heavy atom. The van der Waals surface area contributed by atoms with E-state index in [1.807, 2.05) is 55.5 Å². The van der Waals surface area contributed by atoms with E-state index in [9.17, 15) is 14.7 Å². The molecule has 3 aromatic carbocycles. The highest BCUT2D eigenvalue weighted by atomic mass is 16.4. The van der Waals surface area contributed by atoms with Crippen molar-refractivity contribution in [1.82, 2.24) is 0 Å². The molecular formula is C30H35N3O3. The number of hydrogen-bond donors (Lipinski definition) is 3. The minimum atomic E-state index is -0.976. The molecule has 6 heteroatoms. The lowest BCUT2D eigenvalue weighted by atomic mass is 9.93. The summed E-state index contributed by atoms with van der Waals surface area (Å²) in [4.78, 5) is 27.4. The van der Waals surface area contributed by atoms with Crippen LogP contribution < -0.4 is 15.5 Å². The third kappa shape index (κ3) is 6.06. The lowest BCUT2D eigenvalue weighted by Gasteiger charge is -2.37. The molecule has 3 aromatic rings. The van der Waals surface area contributed by atoms with Gasteiger partial charge in [-0.2, -0.15) is 0 Å². The van der Waals surface area contributed by atoms with Crippen molar-refractivity contribution in [1.29, 1.82) is 0 Å². The molecule has 0 aliphatic heterocycles. The number of anilines is 3. The first-order chi connectivity index (χ1) is 17.5. The van der Waals surface area contributed by atoms with Crippen LogP contribution in [-0.2, 0) is 0 Å². The summed E-state index contributed by atoms with van der Waals surface area (Å²) in [5, 5.41) is 15.7. The Morgan fingerprint density at radius 2 is 1.67 bits per heavy atom. The number of carboxylic acids is 1. The van der Waals surface area contributed by atoms with Crippen LogP contribution in [0.5, 0.6) is 0 Å². The van der Waals surface area contributed by atoms with E-state index in [0.717, 1.165) is 42.6 Å². The summed E-state index contributed by atoms with van der Waals surface area (Å²) in [5.74, 6) is -0.976. The molecule has 0 atom stereocenters. The van der Waals surface area contributed by atoms with Gasteiger partial charge in [-0.3, -0.25) is 0 Å². The number of nitrogens with zero attached hydrogens (tertiary/aromatic N) is 1. The van der Waals surface area contributed by atoms with E-state index in [1.165, 1.54) is 19.3 Å². The summed E-state index contributed by atoms with van der Waals surface area (Å²) in [6, 6.07) is 20.6. The van der Waals surface area contributed by atoms with Crippen molar-refractivity contribution < 1.29 is 14.7 Å². The minimum absolute atomic E-state index is 0.234. The van der Waals surface area contributed by atoms with Crippen LogP contribution >= 0.6 is 0 Å². The zero-order valence-electron chi connectivity index (χ0n) is 21.1. The summed E-state index contributed by atoms with van der Waals surface area (Å²) in [6.07, 6.45) is 6.97. The van der Waals surface area contributed by atoms with Crippen molar-refractivity contribution in [3.63, 3.8) is 0 Å². The molecule has 36 heavy (non-hydrogen) atoms. The number of amides is 2. The van der Waals surface area contributed by atoms with Gasteiger partial charge < -0.3 is 20.6 Å². The fourth-order valence-corrected chi connectivity index (χ4v) is 5.03. The molecule has 0 saturated heterocycles. The van der Waals surface area contributed by atoms with Gasteiger partial charge in [0, 0.05) is 18.3 Å². The quantitative estimate of drug-likeness (QED) is 0.308. The highest BCUT2D eigenvalue weighted by Crippen LogP contribution is 2.37. The Kier molecular flexibility index (Phi) is 8.26. The lowest BCUT2D eigenvalue weighted by molar-refractivity contribution is 0.0697. The molecular weight excluding hydrogens is 450 g/mol. The van der Waals surface area contributed by atoms with Crippen LogP contribution in [0, 0.1) is 6.92 Å². The van der Waals surface area contributed by atoms with E-state index in [2.05, 4.69) is 22.5 Å². The van der Waals surface area contributed by atoms with Gasteiger partial charge in [-0.25, -0.2) is 9.59 Å². The predicted octanol–water partition coefficient (Wildman–Crippen LogP) is 7.55. The molecule has 4 rings (SSSR count). The average molecular weight is 486 g/mol. The van der Waals surface area contributed by atoms with Crippen LogP contribution in [0.25, 0.3) is 11.1 Å². The summed E-state index contributed by atoms with van der Waals surface area (Å²) in [6.45, 7) is 5.07. The lowest BCUT2D eigenvalue weighted by Crippen LogP contribution is -2.38. The number of aromatic carboxylic acids is 1. The summed E-state index contributed by atoms with van der Waals surface area (Å²) >= 11 is 0. The van der Waals surface area contributed by atoms with Crippen LogP contribution in [0.15, 0.2) is 66.7 Å². The first-order valence-corrected chi connectivity index (χ1v) is 12.8. The van der Waals surface area contributed by atoms with Crippen molar-refractivity contribution in [3.05, 3.63) is 77.9 Å². The molecule has 0 aromatic heterocycles. The largest absolute Gasteiger partial charge is 0.478 e. The molecule has 0 spiro atoms. The third-order valence-electron chi connectivity index (χ3n) is 6.81. The van der Waals surface area contributed by atoms with Crippen LogP contribution in [0.4, 0.5) is 21.9 Å². The number of carbonyl (C=O) groups excluding carboxylic acids is 1. The molecule has 6 nitrogen and oxygen atoms in total. The Hall–Kier alpha value is -3.80. The van der Waals surface area contributed by atoms with Crippen molar-refractivity contribution in [3.8, 4) is 11.1 Å². The molecule has 0 radical (unpaired) electrons. The van der Waals surface area contributed by atoms with E-state index in [1.54, 1.807) is 18.2 Å².